The number of ketones is 1. The minimum atomic E-state index is -0.474. The molecule has 2 atom stereocenters. The van der Waals surface area contributed by atoms with Crippen molar-refractivity contribution in [1.29, 1.82) is 5.26 Å². The molecule has 2 unspecified atom stereocenters. The first kappa shape index (κ1) is 29.2. The second-order valence-electron chi connectivity index (χ2n) is 9.82. The first-order valence-electron chi connectivity index (χ1n) is 13.6. The van der Waals surface area contributed by atoms with Gasteiger partial charge in [0.15, 0.2) is 23.0 Å². The van der Waals surface area contributed by atoms with E-state index in [1.54, 1.807) is 24.3 Å². The number of rotatable bonds is 11. The van der Waals surface area contributed by atoms with Crippen LogP contribution in [0.5, 0.6) is 11.5 Å². The summed E-state index contributed by atoms with van der Waals surface area (Å²) in [6, 6.07) is 9.38. The number of halogens is 1. The van der Waals surface area contributed by atoms with Crippen LogP contribution in [0.25, 0.3) is 0 Å². The molecule has 2 aromatic rings. The van der Waals surface area contributed by atoms with Crippen molar-refractivity contribution < 1.29 is 23.5 Å². The van der Waals surface area contributed by atoms with E-state index in [9.17, 15) is 14.9 Å². The second-order valence-corrected chi connectivity index (χ2v) is 10.7. The van der Waals surface area contributed by atoms with Crippen LogP contribution in [0.1, 0.15) is 68.5 Å². The van der Waals surface area contributed by atoms with E-state index in [-0.39, 0.29) is 24.1 Å². The van der Waals surface area contributed by atoms with Crippen molar-refractivity contribution in [1.82, 2.24) is 10.6 Å². The predicted octanol–water partition coefficient (Wildman–Crippen LogP) is 6.32. The van der Waals surface area contributed by atoms with Gasteiger partial charge in [0.2, 0.25) is 0 Å². The van der Waals surface area contributed by atoms with Crippen LogP contribution in [-0.2, 0) is 4.79 Å². The van der Waals surface area contributed by atoms with Crippen LogP contribution in [-0.4, -0.2) is 31.4 Å². The highest BCUT2D eigenvalue weighted by Gasteiger charge is 2.39. The lowest BCUT2D eigenvalue weighted by atomic mass is 9.72. The number of nitrogens with one attached hydrogen (secondary N) is 2. The Morgan fingerprint density at radius 1 is 1.27 bits per heavy atom. The molecule has 210 valence electrons. The molecule has 0 bridgehead atoms. The quantitative estimate of drug-likeness (QED) is 0.287. The lowest BCUT2D eigenvalue weighted by Crippen LogP contribution is -2.34. The Kier molecular flexibility index (Phi) is 9.88. The number of carbonyl (C=O) groups excluding carboxylic acids is 2. The molecule has 0 radical (unpaired) electrons. The van der Waals surface area contributed by atoms with E-state index in [0.717, 1.165) is 36.2 Å². The fourth-order valence-corrected chi connectivity index (χ4v) is 5.87. The normalized spacial score (nSPS) is 18.8. The van der Waals surface area contributed by atoms with Crippen LogP contribution in [0.2, 0.25) is 0 Å². The molecule has 1 amide bonds. The molecule has 1 aromatic heterocycles. The van der Waals surface area contributed by atoms with Crippen molar-refractivity contribution in [2.45, 2.75) is 52.4 Å². The average Bonchev–Trinajstić information content (AvgIpc) is 3.46. The lowest BCUT2D eigenvalue weighted by Gasteiger charge is -2.35. The maximum atomic E-state index is 13.4. The van der Waals surface area contributed by atoms with Crippen LogP contribution >= 0.6 is 15.9 Å². The second kappa shape index (κ2) is 13.5. The minimum absolute atomic E-state index is 0.0936. The number of benzene rings is 1. The van der Waals surface area contributed by atoms with Gasteiger partial charge in [-0.1, -0.05) is 19.4 Å². The molecule has 1 aliphatic carbocycles. The van der Waals surface area contributed by atoms with Crippen LogP contribution < -0.4 is 20.1 Å². The SMILES string of the molecule is CCCC1CC(=O)C2=C(C1)NC(C)=C(C#N)C2c1cc(Br)c(OC/C=C/CNC(=O)c2ccco2)c(OCC)c1. The highest BCUT2D eigenvalue weighted by Crippen LogP contribution is 2.47. The molecule has 8 nitrogen and oxygen atoms in total. The molecule has 0 fully saturated rings. The van der Waals surface area contributed by atoms with Gasteiger partial charge in [-0.3, -0.25) is 9.59 Å². The van der Waals surface area contributed by atoms with E-state index in [1.165, 1.54) is 6.26 Å². The summed E-state index contributed by atoms with van der Waals surface area (Å²) >= 11 is 3.64. The molecule has 40 heavy (non-hydrogen) atoms. The third-order valence-corrected chi connectivity index (χ3v) is 7.60. The van der Waals surface area contributed by atoms with Crippen LogP contribution in [0.3, 0.4) is 0 Å². The molecule has 4 rings (SSSR count). The topological polar surface area (TPSA) is 114 Å². The van der Waals surface area contributed by atoms with Gasteiger partial charge in [0.05, 0.1) is 34.9 Å². The van der Waals surface area contributed by atoms with Gasteiger partial charge < -0.3 is 24.5 Å². The molecular formula is C31H34BrN3O5. The minimum Gasteiger partial charge on any atom is -0.490 e. The maximum absolute atomic E-state index is 13.4. The number of amides is 1. The Labute approximate surface area is 243 Å². The summed E-state index contributed by atoms with van der Waals surface area (Å²) in [5.41, 5.74) is 3.71. The number of ether oxygens (including phenoxy) is 2. The van der Waals surface area contributed by atoms with Gasteiger partial charge in [-0.15, -0.1) is 0 Å². The molecule has 2 aliphatic rings. The number of hydrogen-bond donors (Lipinski definition) is 2. The molecule has 0 saturated heterocycles. The summed E-state index contributed by atoms with van der Waals surface area (Å²) < 4.78 is 17.7. The van der Waals surface area contributed by atoms with Gasteiger partial charge in [0, 0.05) is 29.9 Å². The fourth-order valence-electron chi connectivity index (χ4n) is 5.30. The zero-order valence-electron chi connectivity index (χ0n) is 23.0. The summed E-state index contributed by atoms with van der Waals surface area (Å²) in [5, 5.41) is 16.2. The lowest BCUT2D eigenvalue weighted by molar-refractivity contribution is -0.117. The largest absolute Gasteiger partial charge is 0.490 e. The average molecular weight is 609 g/mol. The van der Waals surface area contributed by atoms with Crippen molar-refractivity contribution in [2.24, 2.45) is 5.92 Å². The Hall–Kier alpha value is -3.77. The number of Topliss-reactive ketones (excluding diaryl/α,β-unsaturated/α-hetero) is 1. The van der Waals surface area contributed by atoms with Gasteiger partial charge in [-0.25, -0.2) is 0 Å². The van der Waals surface area contributed by atoms with E-state index in [2.05, 4.69) is 39.6 Å². The first-order valence-corrected chi connectivity index (χ1v) is 14.4. The molecular weight excluding hydrogens is 574 g/mol. The third-order valence-electron chi connectivity index (χ3n) is 7.01. The highest BCUT2D eigenvalue weighted by atomic mass is 79.9. The third kappa shape index (κ3) is 6.50. The number of furan rings is 1. The number of allylic oxidation sites excluding steroid dienone is 4. The number of nitriles is 1. The summed E-state index contributed by atoms with van der Waals surface area (Å²) in [7, 11) is 0. The summed E-state index contributed by atoms with van der Waals surface area (Å²) in [4.78, 5) is 25.4. The van der Waals surface area contributed by atoms with E-state index in [4.69, 9.17) is 13.9 Å². The number of dihydropyridines is 1. The molecule has 0 spiro atoms. The predicted molar refractivity (Wildman–Crippen MR) is 155 cm³/mol. The maximum Gasteiger partial charge on any atom is 0.287 e. The first-order chi connectivity index (χ1) is 19.4. The van der Waals surface area contributed by atoms with Gasteiger partial charge in [-0.05, 0) is 84.4 Å². The summed E-state index contributed by atoms with van der Waals surface area (Å²) in [5.74, 6) is 0.946. The zero-order valence-corrected chi connectivity index (χ0v) is 24.6. The molecule has 0 saturated carbocycles. The van der Waals surface area contributed by atoms with Crippen molar-refractivity contribution in [2.75, 3.05) is 19.8 Å². The Morgan fingerprint density at radius 2 is 2.10 bits per heavy atom. The zero-order chi connectivity index (χ0) is 28.6. The van der Waals surface area contributed by atoms with E-state index >= 15 is 0 Å². The molecule has 1 aromatic carbocycles. The van der Waals surface area contributed by atoms with Gasteiger partial charge in [-0.2, -0.15) is 5.26 Å². The Morgan fingerprint density at radius 3 is 2.80 bits per heavy atom. The van der Waals surface area contributed by atoms with Gasteiger partial charge in [0.1, 0.15) is 6.61 Å². The highest BCUT2D eigenvalue weighted by molar-refractivity contribution is 9.10. The molecule has 1 aliphatic heterocycles. The van der Waals surface area contributed by atoms with E-state index in [0.29, 0.717) is 52.6 Å². The number of carbonyl (C=O) groups is 2. The standard InChI is InChI=1S/C31H34BrN3O5/c1-4-9-20-14-24-29(25(36)15-20)28(22(18-33)19(3)35-24)21-16-23(32)30(27(17-21)38-5-2)40-12-7-6-11-34-31(37)26-10-8-13-39-26/h6-8,10,13,16-17,20,28,35H,4-5,9,11-12,14-15H2,1-3H3,(H,34,37)/b7-6+. The van der Waals surface area contributed by atoms with Gasteiger partial charge in [0.25, 0.3) is 5.91 Å². The van der Waals surface area contributed by atoms with Crippen molar-refractivity contribution in [3.8, 4) is 17.6 Å². The van der Waals surface area contributed by atoms with Crippen LogP contribution in [0, 0.1) is 17.2 Å². The van der Waals surface area contributed by atoms with Crippen LogP contribution in [0.4, 0.5) is 0 Å². The molecule has 2 heterocycles. The Bertz CT molecular complexity index is 1380. The molecule has 9 heteroatoms. The Balaban J connectivity index is 1.55. The van der Waals surface area contributed by atoms with Gasteiger partial charge >= 0.3 is 0 Å². The number of hydrogen-bond acceptors (Lipinski definition) is 7. The smallest absolute Gasteiger partial charge is 0.287 e. The van der Waals surface area contributed by atoms with Crippen LogP contribution in [0.15, 0.2) is 74.1 Å². The van der Waals surface area contributed by atoms with Crippen molar-refractivity contribution in [3.63, 3.8) is 0 Å². The van der Waals surface area contributed by atoms with E-state index in [1.807, 2.05) is 26.0 Å². The van der Waals surface area contributed by atoms with Crippen molar-refractivity contribution in [3.05, 3.63) is 81.0 Å². The monoisotopic (exact) mass is 607 g/mol. The van der Waals surface area contributed by atoms with Crippen molar-refractivity contribution >= 4 is 27.6 Å². The summed E-state index contributed by atoms with van der Waals surface area (Å²) in [6.45, 7) is 6.90. The van der Waals surface area contributed by atoms with E-state index < -0.39 is 5.92 Å². The number of nitrogens with zero attached hydrogens (tertiary/aromatic N) is 1. The summed E-state index contributed by atoms with van der Waals surface area (Å²) in [6.07, 6.45) is 8.37. The molecule has 2 N–H and O–H groups in total. The fraction of sp³-hybridized carbons (Fsp3) is 0.387.